The number of anilines is 1. The molecule has 0 radical (unpaired) electrons. The lowest BCUT2D eigenvalue weighted by molar-refractivity contribution is 0.717. The minimum atomic E-state index is -0.125. The Morgan fingerprint density at radius 3 is 3.08 bits per heavy atom. The number of nitrogens with one attached hydrogen (secondary N) is 2. The van der Waals surface area contributed by atoms with Crippen LogP contribution in [0.25, 0.3) is 0 Å². The van der Waals surface area contributed by atoms with E-state index in [1.807, 2.05) is 0 Å². The van der Waals surface area contributed by atoms with Gasteiger partial charge in [0, 0.05) is 25.5 Å². The molecule has 6 N–H and O–H groups in total. The first-order valence-electron chi connectivity index (χ1n) is 3.56. The van der Waals surface area contributed by atoms with Crippen LogP contribution in [0.2, 0.25) is 0 Å². The third-order valence-corrected chi connectivity index (χ3v) is 1.33. The number of aromatic nitrogens is 2. The molecule has 0 spiro atoms. The predicted molar refractivity (Wildman–Crippen MR) is 46.8 cm³/mol. The second-order valence-corrected chi connectivity index (χ2v) is 2.27. The fourth-order valence-corrected chi connectivity index (χ4v) is 0.873. The van der Waals surface area contributed by atoms with Crippen LogP contribution < -0.4 is 16.8 Å². The van der Waals surface area contributed by atoms with Gasteiger partial charge in [-0.3, -0.25) is 10.7 Å². The van der Waals surface area contributed by atoms with Gasteiger partial charge in [0.1, 0.15) is 0 Å². The topological polar surface area (TPSA) is 106 Å². The number of rotatable bonds is 3. The SMILES string of the molecule is N=C(N)Nc1nccn1CCN. The standard InChI is InChI=1S/C6H12N6/c7-1-3-12-4-2-10-6(12)11-5(8)9/h2,4H,1,3,7H2,(H4,8,9,10,11). The molecule has 0 saturated carbocycles. The second kappa shape index (κ2) is 3.72. The largest absolute Gasteiger partial charge is 0.370 e. The summed E-state index contributed by atoms with van der Waals surface area (Å²) < 4.78 is 1.79. The molecule has 0 aliphatic rings. The van der Waals surface area contributed by atoms with Crippen LogP contribution >= 0.6 is 0 Å². The average Bonchev–Trinajstić information content (AvgIpc) is 2.37. The molecule has 1 heterocycles. The van der Waals surface area contributed by atoms with Crippen LogP contribution in [0.3, 0.4) is 0 Å². The van der Waals surface area contributed by atoms with Gasteiger partial charge >= 0.3 is 0 Å². The Labute approximate surface area is 70.1 Å². The summed E-state index contributed by atoms with van der Waals surface area (Å²) in [4.78, 5) is 3.95. The summed E-state index contributed by atoms with van der Waals surface area (Å²) >= 11 is 0. The first-order valence-corrected chi connectivity index (χ1v) is 3.56. The Balaban J connectivity index is 2.69. The van der Waals surface area contributed by atoms with E-state index in [2.05, 4.69) is 10.3 Å². The number of hydrogen-bond acceptors (Lipinski definition) is 3. The summed E-state index contributed by atoms with van der Waals surface area (Å²) in [5, 5.41) is 9.58. The van der Waals surface area contributed by atoms with E-state index < -0.39 is 0 Å². The molecule has 0 fully saturated rings. The molecular weight excluding hydrogens is 156 g/mol. The lowest BCUT2D eigenvalue weighted by atomic mass is 10.6. The smallest absolute Gasteiger partial charge is 0.209 e. The fraction of sp³-hybridized carbons (Fsp3) is 0.333. The van der Waals surface area contributed by atoms with E-state index in [0.29, 0.717) is 19.0 Å². The highest BCUT2D eigenvalue weighted by Gasteiger charge is 2.00. The van der Waals surface area contributed by atoms with E-state index in [4.69, 9.17) is 16.9 Å². The molecule has 0 aromatic carbocycles. The number of hydrogen-bond donors (Lipinski definition) is 4. The van der Waals surface area contributed by atoms with Gasteiger partial charge in [-0.1, -0.05) is 0 Å². The van der Waals surface area contributed by atoms with Gasteiger partial charge in [-0.2, -0.15) is 0 Å². The van der Waals surface area contributed by atoms with Crippen molar-refractivity contribution in [2.24, 2.45) is 11.5 Å². The molecular formula is C6H12N6. The van der Waals surface area contributed by atoms with E-state index >= 15 is 0 Å². The van der Waals surface area contributed by atoms with Crippen LogP contribution in [0.15, 0.2) is 12.4 Å². The van der Waals surface area contributed by atoms with Crippen LogP contribution in [0, 0.1) is 5.41 Å². The van der Waals surface area contributed by atoms with E-state index in [0.717, 1.165) is 0 Å². The van der Waals surface area contributed by atoms with Gasteiger partial charge in [0.25, 0.3) is 0 Å². The molecule has 0 saturated heterocycles. The molecule has 0 bridgehead atoms. The maximum absolute atomic E-state index is 6.98. The molecule has 0 aliphatic carbocycles. The quantitative estimate of drug-likeness (QED) is 0.348. The third kappa shape index (κ3) is 1.96. The lowest BCUT2D eigenvalue weighted by Crippen LogP contribution is -2.23. The lowest BCUT2D eigenvalue weighted by Gasteiger charge is -2.05. The summed E-state index contributed by atoms with van der Waals surface area (Å²) in [5.74, 6) is 0.424. The Bertz CT molecular complexity index is 265. The first-order chi connectivity index (χ1) is 5.74. The van der Waals surface area contributed by atoms with E-state index in [1.54, 1.807) is 17.0 Å². The van der Waals surface area contributed by atoms with Gasteiger partial charge in [0.2, 0.25) is 5.95 Å². The van der Waals surface area contributed by atoms with Crippen molar-refractivity contribution in [3.63, 3.8) is 0 Å². The highest BCUT2D eigenvalue weighted by Crippen LogP contribution is 2.01. The maximum atomic E-state index is 6.98. The molecule has 12 heavy (non-hydrogen) atoms. The first kappa shape index (κ1) is 8.54. The zero-order chi connectivity index (χ0) is 8.97. The van der Waals surface area contributed by atoms with Gasteiger partial charge in [-0.25, -0.2) is 4.98 Å². The molecule has 1 rings (SSSR count). The Morgan fingerprint density at radius 2 is 2.50 bits per heavy atom. The molecule has 66 valence electrons. The Kier molecular flexibility index (Phi) is 2.65. The van der Waals surface area contributed by atoms with Crippen molar-refractivity contribution < 1.29 is 0 Å². The summed E-state index contributed by atoms with van der Waals surface area (Å²) in [6, 6.07) is 0. The molecule has 0 aliphatic heterocycles. The number of nitrogens with two attached hydrogens (primary N) is 2. The van der Waals surface area contributed by atoms with E-state index in [1.165, 1.54) is 0 Å². The molecule has 0 atom stereocenters. The van der Waals surface area contributed by atoms with Gasteiger partial charge in [-0.05, 0) is 0 Å². The number of nitrogens with zero attached hydrogens (tertiary/aromatic N) is 2. The zero-order valence-electron chi connectivity index (χ0n) is 6.62. The van der Waals surface area contributed by atoms with Crippen molar-refractivity contribution in [3.8, 4) is 0 Å². The van der Waals surface area contributed by atoms with Crippen molar-refractivity contribution in [3.05, 3.63) is 12.4 Å². The number of imidazole rings is 1. The minimum absolute atomic E-state index is 0.125. The van der Waals surface area contributed by atoms with E-state index in [-0.39, 0.29) is 5.96 Å². The summed E-state index contributed by atoms with van der Waals surface area (Å²) in [5.41, 5.74) is 10.5. The summed E-state index contributed by atoms with van der Waals surface area (Å²) in [6.07, 6.45) is 3.40. The van der Waals surface area contributed by atoms with E-state index in [9.17, 15) is 0 Å². The highest BCUT2D eigenvalue weighted by atomic mass is 15.2. The van der Waals surface area contributed by atoms with Crippen LogP contribution in [0.4, 0.5) is 5.95 Å². The molecule has 1 aromatic heterocycles. The van der Waals surface area contributed by atoms with Gasteiger partial charge in [0.05, 0.1) is 0 Å². The average molecular weight is 168 g/mol. The normalized spacial score (nSPS) is 9.75. The van der Waals surface area contributed by atoms with Gasteiger partial charge < -0.3 is 16.0 Å². The maximum Gasteiger partial charge on any atom is 0.209 e. The van der Waals surface area contributed by atoms with Gasteiger partial charge in [-0.15, -0.1) is 0 Å². The molecule has 0 amide bonds. The van der Waals surface area contributed by atoms with Crippen LogP contribution in [-0.2, 0) is 6.54 Å². The van der Waals surface area contributed by atoms with Crippen molar-refractivity contribution in [2.45, 2.75) is 6.54 Å². The third-order valence-electron chi connectivity index (χ3n) is 1.33. The molecule has 6 nitrogen and oxygen atoms in total. The monoisotopic (exact) mass is 168 g/mol. The molecule has 6 heteroatoms. The zero-order valence-corrected chi connectivity index (χ0v) is 6.62. The second-order valence-electron chi connectivity index (χ2n) is 2.27. The number of guanidine groups is 1. The molecule has 1 aromatic rings. The van der Waals surface area contributed by atoms with Crippen molar-refractivity contribution >= 4 is 11.9 Å². The van der Waals surface area contributed by atoms with Crippen molar-refractivity contribution in [2.75, 3.05) is 11.9 Å². The minimum Gasteiger partial charge on any atom is -0.370 e. The fourth-order valence-electron chi connectivity index (χ4n) is 0.873. The Hall–Kier alpha value is -1.56. The van der Waals surface area contributed by atoms with Crippen LogP contribution in [0.1, 0.15) is 0 Å². The summed E-state index contributed by atoms with van der Waals surface area (Å²) in [6.45, 7) is 1.19. The summed E-state index contributed by atoms with van der Waals surface area (Å²) in [7, 11) is 0. The Morgan fingerprint density at radius 1 is 1.75 bits per heavy atom. The highest BCUT2D eigenvalue weighted by molar-refractivity contribution is 5.87. The van der Waals surface area contributed by atoms with Crippen molar-refractivity contribution in [1.29, 1.82) is 5.41 Å². The van der Waals surface area contributed by atoms with Crippen molar-refractivity contribution in [1.82, 2.24) is 9.55 Å². The van der Waals surface area contributed by atoms with Crippen LogP contribution in [-0.4, -0.2) is 22.1 Å². The predicted octanol–water partition coefficient (Wildman–Crippen LogP) is -0.853. The molecule has 0 unspecified atom stereocenters. The van der Waals surface area contributed by atoms with Crippen LogP contribution in [0.5, 0.6) is 0 Å². The van der Waals surface area contributed by atoms with Gasteiger partial charge in [0.15, 0.2) is 5.96 Å².